The van der Waals surface area contributed by atoms with Crippen LogP contribution >= 0.6 is 0 Å². The van der Waals surface area contributed by atoms with E-state index in [0.717, 1.165) is 12.8 Å². The van der Waals surface area contributed by atoms with Crippen molar-refractivity contribution in [2.75, 3.05) is 19.6 Å². The van der Waals surface area contributed by atoms with E-state index < -0.39 is 10.2 Å². The molecule has 0 aromatic rings. The lowest BCUT2D eigenvalue weighted by Crippen LogP contribution is -2.47. The lowest BCUT2D eigenvalue weighted by atomic mass is 10.0. The number of rotatable bonds is 4. The Hall–Kier alpha value is -0.170. The summed E-state index contributed by atoms with van der Waals surface area (Å²) in [5.74, 6) is 0.630. The summed E-state index contributed by atoms with van der Waals surface area (Å²) in [4.78, 5) is 0. The Morgan fingerprint density at radius 3 is 2.47 bits per heavy atom. The van der Waals surface area contributed by atoms with Gasteiger partial charge in [-0.25, -0.2) is 4.72 Å². The van der Waals surface area contributed by atoms with Crippen molar-refractivity contribution in [1.29, 1.82) is 0 Å². The third kappa shape index (κ3) is 4.06. The van der Waals surface area contributed by atoms with Crippen molar-refractivity contribution in [3.63, 3.8) is 0 Å². The number of nitrogens with two attached hydrogens (primary N) is 1. The van der Waals surface area contributed by atoms with Crippen LogP contribution in [0.3, 0.4) is 0 Å². The van der Waals surface area contributed by atoms with Crippen molar-refractivity contribution in [3.8, 4) is 0 Å². The molecule has 0 aromatic heterocycles. The highest BCUT2D eigenvalue weighted by Crippen LogP contribution is 2.17. The van der Waals surface area contributed by atoms with E-state index in [1.165, 1.54) is 4.31 Å². The average molecular weight is 235 g/mol. The molecule has 90 valence electrons. The quantitative estimate of drug-likeness (QED) is 0.714. The Morgan fingerprint density at radius 2 is 2.00 bits per heavy atom. The number of nitrogens with one attached hydrogen (secondary N) is 1. The molecule has 0 bridgehead atoms. The fourth-order valence-electron chi connectivity index (χ4n) is 1.55. The highest BCUT2D eigenvalue weighted by atomic mass is 32.2. The summed E-state index contributed by atoms with van der Waals surface area (Å²) in [5.41, 5.74) is 5.51. The summed E-state index contributed by atoms with van der Waals surface area (Å²) in [6.07, 6.45) is 1.89. The van der Waals surface area contributed by atoms with Crippen molar-refractivity contribution in [1.82, 2.24) is 9.03 Å². The Balaban J connectivity index is 2.47. The second-order valence-electron chi connectivity index (χ2n) is 4.41. The number of hydrogen-bond acceptors (Lipinski definition) is 3. The van der Waals surface area contributed by atoms with Crippen molar-refractivity contribution < 1.29 is 8.42 Å². The molecule has 6 heteroatoms. The molecule has 3 N–H and O–H groups in total. The van der Waals surface area contributed by atoms with Crippen LogP contribution in [0.2, 0.25) is 0 Å². The molecule has 0 aliphatic carbocycles. The van der Waals surface area contributed by atoms with E-state index >= 15 is 0 Å². The van der Waals surface area contributed by atoms with Crippen LogP contribution in [-0.2, 0) is 10.2 Å². The molecule has 1 fully saturated rings. The van der Waals surface area contributed by atoms with Gasteiger partial charge in [0.25, 0.3) is 10.2 Å². The Kier molecular flexibility index (Phi) is 4.51. The van der Waals surface area contributed by atoms with Gasteiger partial charge in [0.1, 0.15) is 0 Å². The minimum Gasteiger partial charge on any atom is -0.327 e. The fraction of sp³-hybridized carbons (Fsp3) is 1.00. The van der Waals surface area contributed by atoms with Crippen LogP contribution in [0, 0.1) is 5.92 Å². The zero-order chi connectivity index (χ0) is 11.5. The lowest BCUT2D eigenvalue weighted by Gasteiger charge is -2.29. The largest absolute Gasteiger partial charge is 0.327 e. The highest BCUT2D eigenvalue weighted by Gasteiger charge is 2.25. The van der Waals surface area contributed by atoms with Crippen LogP contribution in [0.4, 0.5) is 0 Å². The van der Waals surface area contributed by atoms with Crippen LogP contribution in [0.25, 0.3) is 0 Å². The van der Waals surface area contributed by atoms with Gasteiger partial charge in [0, 0.05) is 25.7 Å². The van der Waals surface area contributed by atoms with Gasteiger partial charge in [0.2, 0.25) is 0 Å². The van der Waals surface area contributed by atoms with Gasteiger partial charge in [-0.1, -0.05) is 6.92 Å². The zero-order valence-corrected chi connectivity index (χ0v) is 10.3. The molecule has 0 radical (unpaired) electrons. The van der Waals surface area contributed by atoms with Crippen molar-refractivity contribution >= 4 is 10.2 Å². The molecule has 0 saturated carbocycles. The maximum atomic E-state index is 11.8. The van der Waals surface area contributed by atoms with Crippen molar-refractivity contribution in [2.45, 2.75) is 32.7 Å². The molecule has 5 nitrogen and oxygen atoms in total. The maximum Gasteiger partial charge on any atom is 0.279 e. The first-order valence-electron chi connectivity index (χ1n) is 5.42. The van der Waals surface area contributed by atoms with Crippen LogP contribution in [-0.4, -0.2) is 38.4 Å². The van der Waals surface area contributed by atoms with Gasteiger partial charge in [-0.15, -0.1) is 0 Å². The topological polar surface area (TPSA) is 75.4 Å². The van der Waals surface area contributed by atoms with Gasteiger partial charge >= 0.3 is 0 Å². The van der Waals surface area contributed by atoms with Crippen LogP contribution in [0.1, 0.15) is 26.7 Å². The molecular weight excluding hydrogens is 214 g/mol. The predicted octanol–water partition coefficient (Wildman–Crippen LogP) is -0.100. The molecule has 1 aliphatic rings. The minimum atomic E-state index is -3.30. The number of piperidine rings is 1. The van der Waals surface area contributed by atoms with Gasteiger partial charge in [0.05, 0.1) is 0 Å². The summed E-state index contributed by atoms with van der Waals surface area (Å²) in [6, 6.07) is -0.150. The summed E-state index contributed by atoms with van der Waals surface area (Å²) in [7, 11) is -3.30. The normalized spacial score (nSPS) is 22.9. The Bertz CT molecular complexity index is 282. The predicted molar refractivity (Wildman–Crippen MR) is 60.5 cm³/mol. The molecule has 0 amide bonds. The van der Waals surface area contributed by atoms with Gasteiger partial charge < -0.3 is 5.73 Å². The molecule has 1 saturated heterocycles. The van der Waals surface area contributed by atoms with E-state index in [2.05, 4.69) is 11.6 Å². The molecule has 1 rings (SSSR count). The summed E-state index contributed by atoms with van der Waals surface area (Å²) in [5, 5.41) is 0. The minimum absolute atomic E-state index is 0.150. The van der Waals surface area contributed by atoms with E-state index in [-0.39, 0.29) is 6.04 Å². The first-order chi connectivity index (χ1) is 6.92. The van der Waals surface area contributed by atoms with Crippen LogP contribution in [0.15, 0.2) is 0 Å². The van der Waals surface area contributed by atoms with Crippen LogP contribution in [0.5, 0.6) is 0 Å². The van der Waals surface area contributed by atoms with Crippen molar-refractivity contribution in [2.24, 2.45) is 11.7 Å². The first-order valence-corrected chi connectivity index (χ1v) is 6.86. The average Bonchev–Trinajstić information content (AvgIpc) is 2.16. The molecule has 15 heavy (non-hydrogen) atoms. The van der Waals surface area contributed by atoms with Gasteiger partial charge in [-0.3, -0.25) is 0 Å². The third-order valence-corrected chi connectivity index (χ3v) is 4.25. The molecule has 1 aliphatic heterocycles. The second-order valence-corrected chi connectivity index (χ2v) is 6.17. The molecule has 0 aromatic carbocycles. The lowest BCUT2D eigenvalue weighted by molar-refractivity contribution is 0.285. The number of hydrogen-bond donors (Lipinski definition) is 2. The summed E-state index contributed by atoms with van der Waals surface area (Å²) in [6.45, 7) is 5.47. The van der Waals surface area contributed by atoms with E-state index in [4.69, 9.17) is 5.73 Å². The SMILES string of the molecule is CC(N)CNS(=O)(=O)N1CCC(C)CC1. The van der Waals surface area contributed by atoms with Crippen LogP contribution < -0.4 is 10.5 Å². The second kappa shape index (κ2) is 5.25. The van der Waals surface area contributed by atoms with E-state index in [1.54, 1.807) is 6.92 Å². The maximum absolute atomic E-state index is 11.8. The molecule has 0 spiro atoms. The molecule has 1 unspecified atom stereocenters. The Morgan fingerprint density at radius 1 is 1.47 bits per heavy atom. The monoisotopic (exact) mass is 235 g/mol. The molecule has 1 atom stereocenters. The van der Waals surface area contributed by atoms with E-state index in [9.17, 15) is 8.42 Å². The standard InChI is InChI=1S/C9H21N3O2S/c1-8-3-5-12(6-4-8)15(13,14)11-7-9(2)10/h8-9,11H,3-7,10H2,1-2H3. The number of nitrogens with zero attached hydrogens (tertiary/aromatic N) is 1. The summed E-state index contributed by atoms with van der Waals surface area (Å²) >= 11 is 0. The van der Waals surface area contributed by atoms with E-state index in [0.29, 0.717) is 25.6 Å². The first kappa shape index (κ1) is 12.9. The highest BCUT2D eigenvalue weighted by molar-refractivity contribution is 7.87. The van der Waals surface area contributed by atoms with Gasteiger partial charge in [0.15, 0.2) is 0 Å². The summed E-state index contributed by atoms with van der Waals surface area (Å²) < 4.78 is 27.5. The molecule has 1 heterocycles. The zero-order valence-electron chi connectivity index (χ0n) is 9.44. The third-order valence-electron chi connectivity index (χ3n) is 2.67. The fourth-order valence-corrected chi connectivity index (χ4v) is 2.90. The van der Waals surface area contributed by atoms with Crippen molar-refractivity contribution in [3.05, 3.63) is 0 Å². The smallest absolute Gasteiger partial charge is 0.279 e. The van der Waals surface area contributed by atoms with Gasteiger partial charge in [-0.2, -0.15) is 12.7 Å². The molecular formula is C9H21N3O2S. The Labute approximate surface area is 92.2 Å². The van der Waals surface area contributed by atoms with E-state index in [1.807, 2.05) is 0 Å². The van der Waals surface area contributed by atoms with Gasteiger partial charge in [-0.05, 0) is 25.7 Å².